The number of rotatable bonds is 8. The Morgan fingerprint density at radius 3 is 2.40 bits per heavy atom. The number of halogens is 1. The highest BCUT2D eigenvalue weighted by atomic mass is 19.1. The Morgan fingerprint density at radius 2 is 1.67 bits per heavy atom. The van der Waals surface area contributed by atoms with Gasteiger partial charge in [-0.05, 0) is 61.1 Å². The van der Waals surface area contributed by atoms with Gasteiger partial charge in [-0.15, -0.1) is 0 Å². The molecule has 1 unspecified atom stereocenters. The Hall–Kier alpha value is -2.39. The summed E-state index contributed by atoms with van der Waals surface area (Å²) in [5.41, 5.74) is 3.83. The first kappa shape index (κ1) is 20.9. The lowest BCUT2D eigenvalue weighted by atomic mass is 9.88. The molecule has 0 aliphatic heterocycles. The first-order valence-corrected chi connectivity index (χ1v) is 11.4. The van der Waals surface area contributed by atoms with Crippen molar-refractivity contribution in [1.29, 1.82) is 0 Å². The molecule has 2 nitrogen and oxygen atoms in total. The molecule has 2 aromatic carbocycles. The number of aromatic nitrogens is 1. The highest BCUT2D eigenvalue weighted by molar-refractivity contribution is 5.20. The molecular formula is C27H33FN2. The van der Waals surface area contributed by atoms with E-state index < -0.39 is 0 Å². The largest absolute Gasteiger partial charge is 0.346 e. The minimum Gasteiger partial charge on any atom is -0.346 e. The molecule has 1 atom stereocenters. The highest BCUT2D eigenvalue weighted by Crippen LogP contribution is 2.29. The summed E-state index contributed by atoms with van der Waals surface area (Å²) in [5, 5.41) is 0. The van der Waals surface area contributed by atoms with Gasteiger partial charge in [-0.25, -0.2) is 4.39 Å². The van der Waals surface area contributed by atoms with Crippen LogP contribution in [0.5, 0.6) is 0 Å². The van der Waals surface area contributed by atoms with E-state index in [1.165, 1.54) is 43.4 Å². The summed E-state index contributed by atoms with van der Waals surface area (Å²) in [5.74, 6) is 0.618. The third kappa shape index (κ3) is 5.40. The number of benzene rings is 2. The summed E-state index contributed by atoms with van der Waals surface area (Å²) in [6, 6.07) is 22.5. The Labute approximate surface area is 180 Å². The lowest BCUT2D eigenvalue weighted by molar-refractivity contribution is 0.146. The normalized spacial score (nSPS) is 16.1. The van der Waals surface area contributed by atoms with Crippen LogP contribution in [0, 0.1) is 11.7 Å². The molecule has 158 valence electrons. The van der Waals surface area contributed by atoms with Crippen molar-refractivity contribution in [3.8, 4) is 0 Å². The van der Waals surface area contributed by atoms with Crippen LogP contribution < -0.4 is 0 Å². The number of hydrogen-bond acceptors (Lipinski definition) is 1. The van der Waals surface area contributed by atoms with Gasteiger partial charge >= 0.3 is 0 Å². The van der Waals surface area contributed by atoms with Gasteiger partial charge in [0.25, 0.3) is 0 Å². The predicted octanol–water partition coefficient (Wildman–Crippen LogP) is 6.82. The second kappa shape index (κ2) is 10.1. The molecule has 3 aromatic rings. The summed E-state index contributed by atoms with van der Waals surface area (Å²) in [6.07, 6.45) is 9.00. The zero-order chi connectivity index (χ0) is 20.8. The smallest absolute Gasteiger partial charge is 0.123 e. The van der Waals surface area contributed by atoms with Crippen molar-refractivity contribution >= 4 is 0 Å². The van der Waals surface area contributed by atoms with E-state index >= 15 is 0 Å². The van der Waals surface area contributed by atoms with Crippen LogP contribution >= 0.6 is 0 Å². The predicted molar refractivity (Wildman–Crippen MR) is 122 cm³/mol. The highest BCUT2D eigenvalue weighted by Gasteiger charge is 2.23. The van der Waals surface area contributed by atoms with Gasteiger partial charge < -0.3 is 4.57 Å². The first-order chi connectivity index (χ1) is 14.7. The Balaban J connectivity index is 1.52. The van der Waals surface area contributed by atoms with Crippen molar-refractivity contribution in [2.45, 2.75) is 58.2 Å². The maximum absolute atomic E-state index is 13.3. The summed E-state index contributed by atoms with van der Waals surface area (Å²) < 4.78 is 15.6. The van der Waals surface area contributed by atoms with Gasteiger partial charge in [0, 0.05) is 37.6 Å². The molecule has 4 rings (SSSR count). The molecular weight excluding hydrogens is 371 g/mol. The van der Waals surface area contributed by atoms with Crippen LogP contribution in [-0.2, 0) is 13.1 Å². The van der Waals surface area contributed by atoms with Crippen molar-refractivity contribution in [2.24, 2.45) is 5.92 Å². The van der Waals surface area contributed by atoms with E-state index in [2.05, 4.69) is 65.1 Å². The Bertz CT molecular complexity index is 894. The summed E-state index contributed by atoms with van der Waals surface area (Å²) in [6.45, 7) is 5.20. The van der Waals surface area contributed by atoms with Crippen molar-refractivity contribution in [2.75, 3.05) is 6.54 Å². The average molecular weight is 405 g/mol. The molecule has 0 bridgehead atoms. The van der Waals surface area contributed by atoms with E-state index in [0.29, 0.717) is 6.04 Å². The van der Waals surface area contributed by atoms with Gasteiger partial charge in [-0.2, -0.15) is 0 Å². The van der Waals surface area contributed by atoms with Crippen molar-refractivity contribution in [3.63, 3.8) is 0 Å². The molecule has 1 aliphatic carbocycles. The Kier molecular flexibility index (Phi) is 7.01. The van der Waals surface area contributed by atoms with E-state index in [4.69, 9.17) is 0 Å². The lowest BCUT2D eigenvalue weighted by Gasteiger charge is -2.34. The maximum Gasteiger partial charge on any atom is 0.123 e. The molecule has 0 amide bonds. The standard InChI is InChI=1S/C27H33FN2/c1-22(25-11-6-3-7-12-25)30(20-23-9-4-2-5-10-23)21-27-13-8-18-29(27)19-24-14-16-26(28)17-15-24/h3,6-8,11-18,22-23H,2,4-5,9-10,19-21H2,1H3. The quantitative estimate of drug-likeness (QED) is 0.400. The number of hydrogen-bond donors (Lipinski definition) is 0. The fourth-order valence-corrected chi connectivity index (χ4v) is 4.75. The fourth-order valence-electron chi connectivity index (χ4n) is 4.75. The van der Waals surface area contributed by atoms with Gasteiger partial charge in [-0.1, -0.05) is 61.7 Å². The molecule has 1 aliphatic rings. The molecule has 30 heavy (non-hydrogen) atoms. The van der Waals surface area contributed by atoms with Crippen LogP contribution in [0.2, 0.25) is 0 Å². The van der Waals surface area contributed by atoms with Gasteiger partial charge in [0.15, 0.2) is 0 Å². The van der Waals surface area contributed by atoms with Crippen LogP contribution in [-0.4, -0.2) is 16.0 Å². The lowest BCUT2D eigenvalue weighted by Crippen LogP contribution is -2.33. The van der Waals surface area contributed by atoms with Crippen LogP contribution in [0.1, 0.15) is 61.9 Å². The van der Waals surface area contributed by atoms with E-state index in [9.17, 15) is 4.39 Å². The molecule has 1 heterocycles. The second-order valence-electron chi connectivity index (χ2n) is 8.77. The third-order valence-corrected chi connectivity index (χ3v) is 6.60. The van der Waals surface area contributed by atoms with Crippen LogP contribution in [0.15, 0.2) is 72.9 Å². The van der Waals surface area contributed by atoms with E-state index in [-0.39, 0.29) is 5.82 Å². The van der Waals surface area contributed by atoms with Crippen molar-refractivity contribution in [3.05, 3.63) is 95.6 Å². The molecule has 0 saturated heterocycles. The van der Waals surface area contributed by atoms with Gasteiger partial charge in [0.05, 0.1) is 0 Å². The van der Waals surface area contributed by atoms with Crippen LogP contribution in [0.25, 0.3) is 0 Å². The first-order valence-electron chi connectivity index (χ1n) is 11.4. The zero-order valence-corrected chi connectivity index (χ0v) is 18.0. The summed E-state index contributed by atoms with van der Waals surface area (Å²) in [4.78, 5) is 2.65. The monoisotopic (exact) mass is 404 g/mol. The fraction of sp³-hybridized carbons (Fsp3) is 0.407. The molecule has 0 N–H and O–H groups in total. The third-order valence-electron chi connectivity index (χ3n) is 6.60. The minimum absolute atomic E-state index is 0.179. The van der Waals surface area contributed by atoms with E-state index in [1.807, 2.05) is 12.1 Å². The number of nitrogens with zero attached hydrogens (tertiary/aromatic N) is 2. The molecule has 0 spiro atoms. The molecule has 3 heteroatoms. The van der Waals surface area contributed by atoms with Gasteiger partial charge in [-0.3, -0.25) is 4.90 Å². The van der Waals surface area contributed by atoms with E-state index in [1.54, 1.807) is 12.1 Å². The SMILES string of the molecule is CC(c1ccccc1)N(Cc1cccn1Cc1ccc(F)cc1)CC1CCCCC1. The van der Waals surface area contributed by atoms with Crippen molar-refractivity contribution in [1.82, 2.24) is 9.47 Å². The van der Waals surface area contributed by atoms with Crippen molar-refractivity contribution < 1.29 is 4.39 Å². The average Bonchev–Trinajstić information content (AvgIpc) is 3.22. The zero-order valence-electron chi connectivity index (χ0n) is 18.0. The van der Waals surface area contributed by atoms with Gasteiger partial charge in [0.1, 0.15) is 5.82 Å². The minimum atomic E-state index is -0.179. The Morgan fingerprint density at radius 1 is 0.933 bits per heavy atom. The molecule has 1 aromatic heterocycles. The van der Waals surface area contributed by atoms with Crippen LogP contribution in [0.4, 0.5) is 4.39 Å². The summed E-state index contributed by atoms with van der Waals surface area (Å²) in [7, 11) is 0. The second-order valence-corrected chi connectivity index (χ2v) is 8.77. The van der Waals surface area contributed by atoms with Gasteiger partial charge in [0.2, 0.25) is 0 Å². The summed E-state index contributed by atoms with van der Waals surface area (Å²) >= 11 is 0. The molecule has 1 fully saturated rings. The molecule has 0 radical (unpaired) electrons. The van der Waals surface area contributed by atoms with Crippen LogP contribution in [0.3, 0.4) is 0 Å². The topological polar surface area (TPSA) is 8.17 Å². The molecule has 1 saturated carbocycles. The maximum atomic E-state index is 13.3. The van der Waals surface area contributed by atoms with E-state index in [0.717, 1.165) is 31.1 Å².